The Labute approximate surface area is 152 Å². The van der Waals surface area contributed by atoms with Crippen molar-refractivity contribution >= 4 is 40.1 Å². The van der Waals surface area contributed by atoms with Gasteiger partial charge in [0, 0.05) is 27.1 Å². The van der Waals surface area contributed by atoms with Gasteiger partial charge in [0.1, 0.15) is 17.9 Å². The van der Waals surface area contributed by atoms with Crippen LogP contribution in [0, 0.1) is 6.92 Å². The number of carbonyl (C=O) groups is 1. The SMILES string of the molecule is Cc1cc2oc(=O)cc(COc3ccc(Cl)cc3C(N)=O)c2cc1Cl. The van der Waals surface area contributed by atoms with Gasteiger partial charge in [-0.3, -0.25) is 4.79 Å². The molecular formula is C18H13Cl2NO4. The molecule has 25 heavy (non-hydrogen) atoms. The Morgan fingerprint density at radius 1 is 1.20 bits per heavy atom. The third kappa shape index (κ3) is 3.62. The Morgan fingerprint density at radius 3 is 2.68 bits per heavy atom. The zero-order chi connectivity index (χ0) is 18.1. The van der Waals surface area contributed by atoms with Crippen LogP contribution in [0.4, 0.5) is 0 Å². The summed E-state index contributed by atoms with van der Waals surface area (Å²) in [7, 11) is 0. The highest BCUT2D eigenvalue weighted by Gasteiger charge is 2.13. The van der Waals surface area contributed by atoms with Gasteiger partial charge in [-0.25, -0.2) is 4.79 Å². The lowest BCUT2D eigenvalue weighted by Gasteiger charge is -2.12. The van der Waals surface area contributed by atoms with E-state index in [-0.39, 0.29) is 17.9 Å². The van der Waals surface area contributed by atoms with Gasteiger partial charge in [0.25, 0.3) is 5.91 Å². The van der Waals surface area contributed by atoms with Crippen molar-refractivity contribution in [3.8, 4) is 5.75 Å². The van der Waals surface area contributed by atoms with E-state index in [0.29, 0.717) is 26.6 Å². The second-order valence-corrected chi connectivity index (χ2v) is 6.33. The highest BCUT2D eigenvalue weighted by atomic mass is 35.5. The van der Waals surface area contributed by atoms with Crippen LogP contribution < -0.4 is 16.1 Å². The standard InChI is InChI=1S/C18H13Cl2NO4/c1-9-4-16-12(7-14(9)20)10(5-17(22)25-16)8-24-15-3-2-11(19)6-13(15)18(21)23/h2-7H,8H2,1H3,(H2,21,23). The molecule has 5 nitrogen and oxygen atoms in total. The van der Waals surface area contributed by atoms with Gasteiger partial charge in [-0.05, 0) is 42.8 Å². The highest BCUT2D eigenvalue weighted by Crippen LogP contribution is 2.27. The van der Waals surface area contributed by atoms with Gasteiger partial charge in [-0.15, -0.1) is 0 Å². The number of halogens is 2. The summed E-state index contributed by atoms with van der Waals surface area (Å²) in [6, 6.07) is 9.29. The molecule has 2 aromatic carbocycles. The number of amides is 1. The van der Waals surface area contributed by atoms with Crippen molar-refractivity contribution in [2.45, 2.75) is 13.5 Å². The van der Waals surface area contributed by atoms with E-state index in [1.165, 1.54) is 12.1 Å². The number of benzene rings is 2. The largest absolute Gasteiger partial charge is 0.488 e. The number of nitrogens with two attached hydrogens (primary N) is 1. The number of aryl methyl sites for hydroxylation is 1. The monoisotopic (exact) mass is 377 g/mol. The average Bonchev–Trinajstić information content (AvgIpc) is 2.55. The summed E-state index contributed by atoms with van der Waals surface area (Å²) in [4.78, 5) is 23.3. The molecule has 1 heterocycles. The van der Waals surface area contributed by atoms with E-state index < -0.39 is 11.5 Å². The average molecular weight is 378 g/mol. The first-order valence-corrected chi connectivity index (χ1v) is 8.06. The lowest BCUT2D eigenvalue weighted by molar-refractivity contribution is 0.0996. The topological polar surface area (TPSA) is 82.5 Å². The molecule has 0 unspecified atom stereocenters. The summed E-state index contributed by atoms with van der Waals surface area (Å²) in [5, 5.41) is 1.57. The van der Waals surface area contributed by atoms with Gasteiger partial charge in [0.05, 0.1) is 5.56 Å². The fourth-order valence-electron chi connectivity index (χ4n) is 2.44. The van der Waals surface area contributed by atoms with Gasteiger partial charge in [-0.2, -0.15) is 0 Å². The highest BCUT2D eigenvalue weighted by molar-refractivity contribution is 6.32. The van der Waals surface area contributed by atoms with Gasteiger partial charge >= 0.3 is 5.63 Å². The fraction of sp³-hybridized carbons (Fsp3) is 0.111. The van der Waals surface area contributed by atoms with E-state index >= 15 is 0 Å². The smallest absolute Gasteiger partial charge is 0.336 e. The van der Waals surface area contributed by atoms with Crippen molar-refractivity contribution in [1.29, 1.82) is 0 Å². The van der Waals surface area contributed by atoms with Crippen molar-refractivity contribution in [2.24, 2.45) is 5.73 Å². The summed E-state index contributed by atoms with van der Waals surface area (Å²) in [6.07, 6.45) is 0. The fourth-order valence-corrected chi connectivity index (χ4v) is 2.78. The van der Waals surface area contributed by atoms with Crippen molar-refractivity contribution in [3.05, 3.63) is 73.6 Å². The number of primary amides is 1. The van der Waals surface area contributed by atoms with Crippen LogP contribution >= 0.6 is 23.2 Å². The van der Waals surface area contributed by atoms with Crippen LogP contribution in [0.1, 0.15) is 21.5 Å². The van der Waals surface area contributed by atoms with E-state index in [4.69, 9.17) is 38.1 Å². The molecule has 0 aliphatic heterocycles. The maximum absolute atomic E-state index is 11.8. The molecule has 0 saturated heterocycles. The number of carbonyl (C=O) groups excluding carboxylic acids is 1. The van der Waals surface area contributed by atoms with Gasteiger partial charge in [0.2, 0.25) is 0 Å². The van der Waals surface area contributed by atoms with Crippen LogP contribution in [0.5, 0.6) is 5.75 Å². The predicted octanol–water partition coefficient (Wildman–Crippen LogP) is 4.09. The molecule has 0 atom stereocenters. The second kappa shape index (κ2) is 6.78. The lowest BCUT2D eigenvalue weighted by Crippen LogP contribution is -2.13. The summed E-state index contributed by atoms with van der Waals surface area (Å²) in [5.74, 6) is -0.384. The molecule has 3 rings (SSSR count). The Bertz CT molecular complexity index is 1040. The molecule has 0 saturated carbocycles. The minimum Gasteiger partial charge on any atom is -0.488 e. The van der Waals surface area contributed by atoms with Crippen LogP contribution in [0.3, 0.4) is 0 Å². The number of ether oxygens (including phenoxy) is 1. The first kappa shape index (κ1) is 17.3. The third-order valence-electron chi connectivity index (χ3n) is 3.70. The minimum atomic E-state index is -0.659. The minimum absolute atomic E-state index is 0.0312. The van der Waals surface area contributed by atoms with E-state index in [9.17, 15) is 9.59 Å². The molecule has 0 spiro atoms. The van der Waals surface area contributed by atoms with Crippen molar-refractivity contribution in [1.82, 2.24) is 0 Å². The number of rotatable bonds is 4. The van der Waals surface area contributed by atoms with E-state index in [0.717, 1.165) is 5.56 Å². The molecule has 0 bridgehead atoms. The van der Waals surface area contributed by atoms with E-state index in [2.05, 4.69) is 0 Å². The number of hydrogen-bond acceptors (Lipinski definition) is 4. The molecule has 0 fully saturated rings. The normalized spacial score (nSPS) is 10.8. The Kier molecular flexibility index (Phi) is 4.70. The molecule has 1 amide bonds. The quantitative estimate of drug-likeness (QED) is 0.694. The van der Waals surface area contributed by atoms with Gasteiger partial charge in [0.15, 0.2) is 0 Å². The number of fused-ring (bicyclic) bond motifs is 1. The van der Waals surface area contributed by atoms with E-state index in [1.807, 2.05) is 6.92 Å². The molecule has 7 heteroatoms. The van der Waals surface area contributed by atoms with Crippen LogP contribution in [-0.4, -0.2) is 5.91 Å². The maximum atomic E-state index is 11.8. The zero-order valence-electron chi connectivity index (χ0n) is 13.1. The lowest BCUT2D eigenvalue weighted by atomic mass is 10.1. The maximum Gasteiger partial charge on any atom is 0.336 e. The van der Waals surface area contributed by atoms with Gasteiger partial charge < -0.3 is 14.9 Å². The molecule has 0 aliphatic rings. The van der Waals surface area contributed by atoms with Crippen LogP contribution in [-0.2, 0) is 6.61 Å². The first-order chi connectivity index (χ1) is 11.8. The Morgan fingerprint density at radius 2 is 1.96 bits per heavy atom. The summed E-state index contributed by atoms with van der Waals surface area (Å²) in [6.45, 7) is 1.85. The molecule has 0 radical (unpaired) electrons. The predicted molar refractivity (Wildman–Crippen MR) is 96.5 cm³/mol. The molecule has 2 N–H and O–H groups in total. The molecule has 3 aromatic rings. The molecular weight excluding hydrogens is 365 g/mol. The second-order valence-electron chi connectivity index (χ2n) is 5.48. The molecule has 0 aliphatic carbocycles. The zero-order valence-corrected chi connectivity index (χ0v) is 14.6. The van der Waals surface area contributed by atoms with Crippen LogP contribution in [0.15, 0.2) is 45.6 Å². The molecule has 1 aromatic heterocycles. The van der Waals surface area contributed by atoms with Crippen molar-refractivity contribution < 1.29 is 13.9 Å². The number of hydrogen-bond donors (Lipinski definition) is 1. The summed E-state index contributed by atoms with van der Waals surface area (Å²) >= 11 is 12.0. The first-order valence-electron chi connectivity index (χ1n) is 7.30. The summed E-state index contributed by atoms with van der Waals surface area (Å²) < 4.78 is 10.9. The molecule has 128 valence electrons. The van der Waals surface area contributed by atoms with E-state index in [1.54, 1.807) is 24.3 Å². The Hall–Kier alpha value is -2.50. The summed E-state index contributed by atoms with van der Waals surface area (Å²) in [5.41, 5.74) is 6.80. The third-order valence-corrected chi connectivity index (χ3v) is 4.34. The van der Waals surface area contributed by atoms with Crippen molar-refractivity contribution in [3.63, 3.8) is 0 Å². The van der Waals surface area contributed by atoms with Crippen LogP contribution in [0.2, 0.25) is 10.0 Å². The van der Waals surface area contributed by atoms with Gasteiger partial charge in [-0.1, -0.05) is 23.2 Å². The van der Waals surface area contributed by atoms with Crippen molar-refractivity contribution in [2.75, 3.05) is 0 Å². The van der Waals surface area contributed by atoms with Crippen LogP contribution in [0.25, 0.3) is 11.0 Å². The Balaban J connectivity index is 2.01.